The number of unbranched alkanes of at least 4 members (excludes halogenated alkanes) is 1. The number of carbonyl (C=O) groups is 1. The number of ether oxygens (including phenoxy) is 1. The lowest BCUT2D eigenvalue weighted by Gasteiger charge is -2.17. The zero-order valence-electron chi connectivity index (χ0n) is 9.66. The molecule has 4 nitrogen and oxygen atoms in total. The largest absolute Gasteiger partial charge is 0.465 e. The van der Waals surface area contributed by atoms with Gasteiger partial charge in [-0.2, -0.15) is 5.26 Å². The first kappa shape index (κ1) is 13.9. The summed E-state index contributed by atoms with van der Waals surface area (Å²) in [7, 11) is 0. The van der Waals surface area contributed by atoms with E-state index < -0.39 is 0 Å². The van der Waals surface area contributed by atoms with Gasteiger partial charge in [0.05, 0.1) is 19.2 Å². The van der Waals surface area contributed by atoms with Crippen LogP contribution in [0.4, 0.5) is 0 Å². The Labute approximate surface area is 91.8 Å². The van der Waals surface area contributed by atoms with E-state index in [2.05, 4.69) is 13.0 Å². The fourth-order valence-corrected chi connectivity index (χ4v) is 1.12. The van der Waals surface area contributed by atoms with Crippen LogP contribution >= 0.6 is 0 Å². The Morgan fingerprint density at radius 3 is 2.73 bits per heavy atom. The van der Waals surface area contributed by atoms with E-state index in [1.54, 1.807) is 0 Å². The van der Waals surface area contributed by atoms with Crippen LogP contribution in [0.2, 0.25) is 0 Å². The molecule has 0 aromatic carbocycles. The van der Waals surface area contributed by atoms with Crippen LogP contribution in [-0.2, 0) is 9.53 Å². The number of esters is 1. The van der Waals surface area contributed by atoms with Crippen molar-refractivity contribution in [2.24, 2.45) is 0 Å². The summed E-state index contributed by atoms with van der Waals surface area (Å²) >= 11 is 0. The first-order valence-corrected chi connectivity index (χ1v) is 5.49. The number of rotatable bonds is 8. The van der Waals surface area contributed by atoms with Gasteiger partial charge in [-0.25, -0.2) is 0 Å². The summed E-state index contributed by atoms with van der Waals surface area (Å²) in [6.07, 6.45) is 2.39. The molecule has 0 heterocycles. The maximum Gasteiger partial charge on any atom is 0.320 e. The number of nitriles is 1. The Morgan fingerprint density at radius 2 is 2.20 bits per heavy atom. The molecule has 0 saturated carbocycles. The van der Waals surface area contributed by atoms with Gasteiger partial charge >= 0.3 is 5.97 Å². The molecule has 0 radical (unpaired) electrons. The number of likely N-dealkylation sites (N-methyl/N-ethyl adjacent to an activating group) is 1. The van der Waals surface area contributed by atoms with Gasteiger partial charge in [0.2, 0.25) is 0 Å². The maximum absolute atomic E-state index is 11.3. The molecule has 4 heteroatoms. The summed E-state index contributed by atoms with van der Waals surface area (Å²) in [5.74, 6) is -0.191. The Hall–Kier alpha value is -1.08. The van der Waals surface area contributed by atoms with Gasteiger partial charge in [-0.3, -0.25) is 9.69 Å². The van der Waals surface area contributed by atoms with Gasteiger partial charge in [0.15, 0.2) is 0 Å². The molecule has 0 bridgehead atoms. The molecule has 0 amide bonds. The summed E-state index contributed by atoms with van der Waals surface area (Å²) in [4.78, 5) is 13.2. The van der Waals surface area contributed by atoms with Crippen LogP contribution in [0.5, 0.6) is 0 Å². The van der Waals surface area contributed by atoms with Gasteiger partial charge in [-0.15, -0.1) is 0 Å². The molecule has 0 spiro atoms. The Kier molecular flexibility index (Phi) is 8.79. The molecule has 0 aliphatic carbocycles. The molecular weight excluding hydrogens is 192 g/mol. The molecule has 0 fully saturated rings. The van der Waals surface area contributed by atoms with Crippen LogP contribution in [0, 0.1) is 11.3 Å². The molecule has 0 aromatic rings. The van der Waals surface area contributed by atoms with E-state index in [-0.39, 0.29) is 5.97 Å². The van der Waals surface area contributed by atoms with Crippen molar-refractivity contribution in [2.45, 2.75) is 33.1 Å². The van der Waals surface area contributed by atoms with Crippen LogP contribution in [0.1, 0.15) is 33.1 Å². The minimum absolute atomic E-state index is 0.191. The number of carbonyl (C=O) groups excluding carboxylic acids is 1. The average molecular weight is 212 g/mol. The molecule has 15 heavy (non-hydrogen) atoms. The second-order valence-corrected chi connectivity index (χ2v) is 3.35. The SMILES string of the molecule is CCCCOC(=O)CN(CC)CCC#N. The Balaban J connectivity index is 3.66. The summed E-state index contributed by atoms with van der Waals surface area (Å²) in [5, 5.41) is 8.43. The molecule has 0 aromatic heterocycles. The van der Waals surface area contributed by atoms with Crippen LogP contribution in [0.3, 0.4) is 0 Å². The van der Waals surface area contributed by atoms with Crippen molar-refractivity contribution in [2.75, 3.05) is 26.2 Å². The standard InChI is InChI=1S/C11H20N2O2/c1-3-5-9-15-11(14)10-13(4-2)8-6-7-12/h3-6,8-10H2,1-2H3. The fraction of sp³-hybridized carbons (Fsp3) is 0.818. The highest BCUT2D eigenvalue weighted by Gasteiger charge is 2.09. The third-order valence-electron chi connectivity index (χ3n) is 2.10. The zero-order valence-corrected chi connectivity index (χ0v) is 9.66. The van der Waals surface area contributed by atoms with Crippen LogP contribution in [-0.4, -0.2) is 37.1 Å². The Bertz CT molecular complexity index is 211. The van der Waals surface area contributed by atoms with Crippen molar-refractivity contribution >= 4 is 5.97 Å². The van der Waals surface area contributed by atoms with Crippen LogP contribution < -0.4 is 0 Å². The van der Waals surface area contributed by atoms with E-state index >= 15 is 0 Å². The molecule has 86 valence electrons. The van der Waals surface area contributed by atoms with Crippen LogP contribution in [0.15, 0.2) is 0 Å². The molecule has 0 aliphatic rings. The van der Waals surface area contributed by atoms with Crippen molar-refractivity contribution < 1.29 is 9.53 Å². The maximum atomic E-state index is 11.3. The smallest absolute Gasteiger partial charge is 0.320 e. The normalized spacial score (nSPS) is 10.0. The molecule has 0 atom stereocenters. The topological polar surface area (TPSA) is 53.3 Å². The van der Waals surface area contributed by atoms with E-state index in [4.69, 9.17) is 10.00 Å². The summed E-state index contributed by atoms with van der Waals surface area (Å²) in [6.45, 7) is 6.23. The van der Waals surface area contributed by atoms with Gasteiger partial charge in [-0.1, -0.05) is 20.3 Å². The number of hydrogen-bond acceptors (Lipinski definition) is 4. The van der Waals surface area contributed by atoms with Gasteiger partial charge < -0.3 is 4.74 Å². The minimum atomic E-state index is -0.191. The predicted octanol–water partition coefficient (Wildman–Crippen LogP) is 1.57. The molecule has 0 aliphatic heterocycles. The first-order chi connectivity index (χ1) is 7.24. The highest BCUT2D eigenvalue weighted by atomic mass is 16.5. The van der Waals surface area contributed by atoms with Crippen molar-refractivity contribution in [1.82, 2.24) is 4.90 Å². The zero-order chi connectivity index (χ0) is 11.5. The van der Waals surface area contributed by atoms with E-state index in [0.717, 1.165) is 19.4 Å². The van der Waals surface area contributed by atoms with Gasteiger partial charge in [0.1, 0.15) is 0 Å². The van der Waals surface area contributed by atoms with Gasteiger partial charge in [-0.05, 0) is 13.0 Å². The average Bonchev–Trinajstić information content (AvgIpc) is 2.24. The van der Waals surface area contributed by atoms with Crippen molar-refractivity contribution in [1.29, 1.82) is 5.26 Å². The second-order valence-electron chi connectivity index (χ2n) is 3.35. The second kappa shape index (κ2) is 9.47. The molecule has 0 N–H and O–H groups in total. The fourth-order valence-electron chi connectivity index (χ4n) is 1.12. The molecular formula is C11H20N2O2. The summed E-state index contributed by atoms with van der Waals surface area (Å²) in [6, 6.07) is 2.06. The molecule has 0 saturated heterocycles. The molecule has 0 rings (SSSR count). The quantitative estimate of drug-likeness (QED) is 0.452. The van der Waals surface area contributed by atoms with E-state index in [0.29, 0.717) is 26.1 Å². The van der Waals surface area contributed by atoms with E-state index in [1.165, 1.54) is 0 Å². The van der Waals surface area contributed by atoms with Crippen molar-refractivity contribution in [3.05, 3.63) is 0 Å². The highest BCUT2D eigenvalue weighted by molar-refractivity contribution is 5.71. The first-order valence-electron chi connectivity index (χ1n) is 5.49. The minimum Gasteiger partial charge on any atom is -0.465 e. The monoisotopic (exact) mass is 212 g/mol. The Morgan fingerprint density at radius 1 is 1.47 bits per heavy atom. The van der Waals surface area contributed by atoms with E-state index in [9.17, 15) is 4.79 Å². The van der Waals surface area contributed by atoms with Crippen molar-refractivity contribution in [3.8, 4) is 6.07 Å². The van der Waals surface area contributed by atoms with Crippen LogP contribution in [0.25, 0.3) is 0 Å². The third-order valence-corrected chi connectivity index (χ3v) is 2.10. The van der Waals surface area contributed by atoms with Gasteiger partial charge in [0, 0.05) is 13.0 Å². The lowest BCUT2D eigenvalue weighted by Crippen LogP contribution is -2.31. The predicted molar refractivity (Wildman–Crippen MR) is 58.2 cm³/mol. The van der Waals surface area contributed by atoms with E-state index in [1.807, 2.05) is 11.8 Å². The number of nitrogens with zero attached hydrogens (tertiary/aromatic N) is 2. The summed E-state index contributed by atoms with van der Waals surface area (Å²) < 4.78 is 5.03. The van der Waals surface area contributed by atoms with Crippen molar-refractivity contribution in [3.63, 3.8) is 0 Å². The highest BCUT2D eigenvalue weighted by Crippen LogP contribution is 1.94. The molecule has 0 unspecified atom stereocenters. The van der Waals surface area contributed by atoms with Gasteiger partial charge in [0.25, 0.3) is 0 Å². The third kappa shape index (κ3) is 7.95. The lowest BCUT2D eigenvalue weighted by molar-refractivity contribution is -0.145. The number of hydrogen-bond donors (Lipinski definition) is 0. The lowest BCUT2D eigenvalue weighted by atomic mass is 10.3. The summed E-state index contributed by atoms with van der Waals surface area (Å²) in [5.41, 5.74) is 0.